The van der Waals surface area contributed by atoms with Crippen LogP contribution in [0.1, 0.15) is 5.56 Å². The first-order chi connectivity index (χ1) is 9.59. The van der Waals surface area contributed by atoms with Gasteiger partial charge in [-0.2, -0.15) is 0 Å². The quantitative estimate of drug-likeness (QED) is 0.837. The molecule has 1 amide bonds. The molecule has 1 aliphatic carbocycles. The van der Waals surface area contributed by atoms with E-state index in [0.717, 1.165) is 5.56 Å². The Balaban J connectivity index is 1.90. The monoisotopic (exact) mass is 289 g/mol. The smallest absolute Gasteiger partial charge is 0.251 e. The second-order valence-electron chi connectivity index (χ2n) is 4.72. The lowest BCUT2D eigenvalue weighted by Crippen LogP contribution is -2.44. The topological polar surface area (TPSA) is 46.6 Å². The van der Waals surface area contributed by atoms with Crippen LogP contribution in [-0.4, -0.2) is 28.9 Å². The number of carbonyl (C=O) groups excluding carboxylic acids is 2. The number of allylic oxidation sites excluding steroid dienone is 2. The standard InChI is InChI=1S/C15H12ClNO3/c16-12-3-1-2-11(8-12)9-17-14(19)10-20-15(17)6-4-13(18)5-7-15/h1-8H,9-10H2. The van der Waals surface area contributed by atoms with Crippen LogP contribution in [-0.2, 0) is 20.9 Å². The normalized spacial score (nSPS) is 20.1. The zero-order valence-corrected chi connectivity index (χ0v) is 11.3. The van der Waals surface area contributed by atoms with Crippen LogP contribution in [0.25, 0.3) is 0 Å². The van der Waals surface area contributed by atoms with E-state index in [1.165, 1.54) is 12.2 Å². The molecular formula is C15H12ClNO3. The van der Waals surface area contributed by atoms with E-state index in [1.54, 1.807) is 23.1 Å². The van der Waals surface area contributed by atoms with Gasteiger partial charge >= 0.3 is 0 Å². The first kappa shape index (κ1) is 13.1. The van der Waals surface area contributed by atoms with Gasteiger partial charge < -0.3 is 9.64 Å². The molecule has 0 atom stereocenters. The van der Waals surface area contributed by atoms with E-state index in [-0.39, 0.29) is 18.3 Å². The van der Waals surface area contributed by atoms with Gasteiger partial charge in [-0.25, -0.2) is 0 Å². The van der Waals surface area contributed by atoms with E-state index in [0.29, 0.717) is 11.6 Å². The molecule has 5 heteroatoms. The molecule has 1 spiro atoms. The molecule has 0 unspecified atom stereocenters. The van der Waals surface area contributed by atoms with Crippen molar-refractivity contribution in [2.45, 2.75) is 12.3 Å². The lowest BCUT2D eigenvalue weighted by atomic mass is 10.0. The van der Waals surface area contributed by atoms with Gasteiger partial charge in [0.1, 0.15) is 6.61 Å². The lowest BCUT2D eigenvalue weighted by Gasteiger charge is -2.33. The number of ether oxygens (including phenoxy) is 1. The summed E-state index contributed by atoms with van der Waals surface area (Å²) in [6, 6.07) is 7.32. The number of hydrogen-bond donors (Lipinski definition) is 0. The molecule has 1 saturated heterocycles. The van der Waals surface area contributed by atoms with E-state index < -0.39 is 5.72 Å². The maximum Gasteiger partial charge on any atom is 0.251 e. The zero-order chi connectivity index (χ0) is 14.2. The molecule has 0 saturated carbocycles. The minimum atomic E-state index is -0.951. The Bertz CT molecular complexity index is 620. The molecule has 3 rings (SSSR count). The van der Waals surface area contributed by atoms with Gasteiger partial charge in [-0.15, -0.1) is 0 Å². The Hall–Kier alpha value is -1.91. The molecule has 2 aliphatic rings. The van der Waals surface area contributed by atoms with Crippen molar-refractivity contribution in [1.82, 2.24) is 4.90 Å². The van der Waals surface area contributed by atoms with Crippen molar-refractivity contribution in [2.24, 2.45) is 0 Å². The van der Waals surface area contributed by atoms with E-state index in [1.807, 2.05) is 18.2 Å². The first-order valence-corrected chi connectivity index (χ1v) is 6.58. The Kier molecular flexibility index (Phi) is 3.20. The number of ketones is 1. The zero-order valence-electron chi connectivity index (χ0n) is 10.6. The van der Waals surface area contributed by atoms with E-state index in [2.05, 4.69) is 0 Å². The summed E-state index contributed by atoms with van der Waals surface area (Å²) in [6.07, 6.45) is 6.07. The Morgan fingerprint density at radius 1 is 1.25 bits per heavy atom. The van der Waals surface area contributed by atoms with Gasteiger partial charge in [-0.1, -0.05) is 23.7 Å². The lowest BCUT2D eigenvalue weighted by molar-refractivity contribution is -0.129. The molecule has 102 valence electrons. The van der Waals surface area contributed by atoms with Crippen molar-refractivity contribution in [3.63, 3.8) is 0 Å². The van der Waals surface area contributed by atoms with Crippen LogP contribution < -0.4 is 0 Å². The summed E-state index contributed by atoms with van der Waals surface area (Å²) in [4.78, 5) is 24.9. The molecular weight excluding hydrogens is 278 g/mol. The fourth-order valence-corrected chi connectivity index (χ4v) is 2.56. The van der Waals surface area contributed by atoms with E-state index >= 15 is 0 Å². The molecule has 4 nitrogen and oxygen atoms in total. The SMILES string of the molecule is O=C1C=CC2(C=C1)OCC(=O)N2Cc1cccc(Cl)c1. The summed E-state index contributed by atoms with van der Waals surface area (Å²) in [5.74, 6) is -0.227. The Labute approximate surface area is 121 Å². The second-order valence-corrected chi connectivity index (χ2v) is 5.16. The third-order valence-electron chi connectivity index (χ3n) is 3.35. The predicted molar refractivity (Wildman–Crippen MR) is 74.0 cm³/mol. The van der Waals surface area contributed by atoms with Crippen molar-refractivity contribution in [2.75, 3.05) is 6.61 Å². The van der Waals surface area contributed by atoms with Gasteiger partial charge in [-0.05, 0) is 42.0 Å². The van der Waals surface area contributed by atoms with Crippen molar-refractivity contribution in [3.05, 3.63) is 59.2 Å². The van der Waals surface area contributed by atoms with Gasteiger partial charge in [0, 0.05) is 11.6 Å². The van der Waals surface area contributed by atoms with Gasteiger partial charge in [0.05, 0.1) is 0 Å². The van der Waals surface area contributed by atoms with Gasteiger partial charge in [0.25, 0.3) is 5.91 Å². The number of hydrogen-bond acceptors (Lipinski definition) is 3. The Morgan fingerprint density at radius 3 is 2.70 bits per heavy atom. The van der Waals surface area contributed by atoms with E-state index in [9.17, 15) is 9.59 Å². The molecule has 0 N–H and O–H groups in total. The highest BCUT2D eigenvalue weighted by atomic mass is 35.5. The fourth-order valence-electron chi connectivity index (χ4n) is 2.35. The van der Waals surface area contributed by atoms with Crippen molar-refractivity contribution in [3.8, 4) is 0 Å². The summed E-state index contributed by atoms with van der Waals surface area (Å²) in [6.45, 7) is 0.381. The number of carbonyl (C=O) groups is 2. The number of benzene rings is 1. The molecule has 0 aromatic heterocycles. The van der Waals surface area contributed by atoms with Crippen LogP contribution in [0.3, 0.4) is 0 Å². The van der Waals surface area contributed by atoms with Crippen molar-refractivity contribution < 1.29 is 14.3 Å². The first-order valence-electron chi connectivity index (χ1n) is 6.20. The van der Waals surface area contributed by atoms with Gasteiger partial charge in [0.15, 0.2) is 11.5 Å². The number of amides is 1. The maximum absolute atomic E-state index is 12.0. The Morgan fingerprint density at radius 2 is 2.00 bits per heavy atom. The molecule has 1 heterocycles. The molecule has 1 aromatic rings. The fraction of sp³-hybridized carbons (Fsp3) is 0.200. The van der Waals surface area contributed by atoms with Crippen LogP contribution in [0.2, 0.25) is 5.02 Å². The minimum absolute atomic E-state index is 0.00341. The highest BCUT2D eigenvalue weighted by Gasteiger charge is 2.44. The van der Waals surface area contributed by atoms with Crippen molar-refractivity contribution >= 4 is 23.3 Å². The number of halogens is 1. The molecule has 0 radical (unpaired) electrons. The van der Waals surface area contributed by atoms with E-state index in [4.69, 9.17) is 16.3 Å². The number of rotatable bonds is 2. The van der Waals surface area contributed by atoms with Crippen LogP contribution in [0.5, 0.6) is 0 Å². The van der Waals surface area contributed by atoms with Crippen molar-refractivity contribution in [1.29, 1.82) is 0 Å². The molecule has 1 aliphatic heterocycles. The maximum atomic E-state index is 12.0. The second kappa shape index (κ2) is 4.89. The largest absolute Gasteiger partial charge is 0.338 e. The average Bonchev–Trinajstić information content (AvgIpc) is 2.72. The van der Waals surface area contributed by atoms with Crippen LogP contribution in [0.4, 0.5) is 0 Å². The average molecular weight is 290 g/mol. The van der Waals surface area contributed by atoms with Crippen LogP contribution in [0, 0.1) is 0 Å². The molecule has 1 fully saturated rings. The van der Waals surface area contributed by atoms with Gasteiger partial charge in [0.2, 0.25) is 0 Å². The summed E-state index contributed by atoms with van der Waals surface area (Å²) >= 11 is 5.96. The number of nitrogens with zero attached hydrogens (tertiary/aromatic N) is 1. The van der Waals surface area contributed by atoms with Gasteiger partial charge in [-0.3, -0.25) is 9.59 Å². The molecule has 0 bridgehead atoms. The summed E-state index contributed by atoms with van der Waals surface area (Å²) in [5.41, 5.74) is -0.0396. The molecule has 1 aromatic carbocycles. The summed E-state index contributed by atoms with van der Waals surface area (Å²) in [5, 5.41) is 0.619. The minimum Gasteiger partial charge on any atom is -0.338 e. The van der Waals surface area contributed by atoms with Crippen LogP contribution in [0.15, 0.2) is 48.6 Å². The molecule has 20 heavy (non-hydrogen) atoms. The highest BCUT2D eigenvalue weighted by molar-refractivity contribution is 6.30. The predicted octanol–water partition coefficient (Wildman–Crippen LogP) is 2.09. The summed E-state index contributed by atoms with van der Waals surface area (Å²) < 4.78 is 5.57. The third-order valence-corrected chi connectivity index (χ3v) is 3.59. The third kappa shape index (κ3) is 2.28. The summed E-state index contributed by atoms with van der Waals surface area (Å²) in [7, 11) is 0. The highest BCUT2D eigenvalue weighted by Crippen LogP contribution is 2.31. The van der Waals surface area contributed by atoms with Crippen LogP contribution >= 0.6 is 11.6 Å².